The predicted molar refractivity (Wildman–Crippen MR) is 74.3 cm³/mol. The highest BCUT2D eigenvalue weighted by atomic mass is 15.2. The molecule has 2 aliphatic rings. The van der Waals surface area contributed by atoms with Crippen LogP contribution in [0.1, 0.15) is 58.8 Å². The van der Waals surface area contributed by atoms with E-state index in [-0.39, 0.29) is 0 Å². The molecular weight excluding hydrogens is 208 g/mol. The first-order valence-corrected chi connectivity index (χ1v) is 7.78. The molecule has 0 aliphatic carbocycles. The molecule has 2 saturated heterocycles. The van der Waals surface area contributed by atoms with Gasteiger partial charge in [0.05, 0.1) is 0 Å². The van der Waals surface area contributed by atoms with E-state index < -0.39 is 0 Å². The van der Waals surface area contributed by atoms with Crippen molar-refractivity contribution >= 4 is 0 Å². The van der Waals surface area contributed by atoms with Crippen LogP contribution >= 0.6 is 0 Å². The predicted octanol–water partition coefficient (Wildman–Crippen LogP) is 3.03. The lowest BCUT2D eigenvalue weighted by atomic mass is 9.93. The summed E-state index contributed by atoms with van der Waals surface area (Å²) in [4.78, 5) is 2.63. The van der Waals surface area contributed by atoms with Gasteiger partial charge >= 0.3 is 0 Å². The fourth-order valence-corrected chi connectivity index (χ4v) is 3.50. The summed E-state index contributed by atoms with van der Waals surface area (Å²) in [5, 5.41) is 3.90. The molecule has 4 atom stereocenters. The maximum Gasteiger partial charge on any atom is 0.0123 e. The number of hydrogen-bond acceptors (Lipinski definition) is 2. The molecule has 1 N–H and O–H groups in total. The van der Waals surface area contributed by atoms with E-state index in [0.717, 1.165) is 18.0 Å². The molecule has 17 heavy (non-hydrogen) atoms. The molecule has 0 saturated carbocycles. The Balaban J connectivity index is 1.62. The van der Waals surface area contributed by atoms with Crippen molar-refractivity contribution in [3.05, 3.63) is 0 Å². The van der Waals surface area contributed by atoms with Crippen LogP contribution in [-0.4, -0.2) is 36.6 Å². The van der Waals surface area contributed by atoms with Crippen molar-refractivity contribution in [2.75, 3.05) is 19.6 Å². The Labute approximate surface area is 107 Å². The van der Waals surface area contributed by atoms with E-state index in [1.807, 2.05) is 0 Å². The second-order valence-electron chi connectivity index (χ2n) is 6.16. The van der Waals surface area contributed by atoms with Gasteiger partial charge in [-0.2, -0.15) is 0 Å². The van der Waals surface area contributed by atoms with Crippen LogP contribution in [0.3, 0.4) is 0 Å². The Morgan fingerprint density at radius 3 is 2.82 bits per heavy atom. The van der Waals surface area contributed by atoms with Crippen LogP contribution in [0.15, 0.2) is 0 Å². The molecule has 0 aromatic heterocycles. The molecule has 100 valence electrons. The van der Waals surface area contributed by atoms with Crippen molar-refractivity contribution in [2.24, 2.45) is 5.92 Å². The van der Waals surface area contributed by atoms with Crippen molar-refractivity contribution < 1.29 is 0 Å². The third kappa shape index (κ3) is 3.96. The van der Waals surface area contributed by atoms with Gasteiger partial charge in [-0.25, -0.2) is 0 Å². The van der Waals surface area contributed by atoms with E-state index in [1.54, 1.807) is 0 Å². The summed E-state index contributed by atoms with van der Waals surface area (Å²) < 4.78 is 0. The van der Waals surface area contributed by atoms with Crippen molar-refractivity contribution in [3.8, 4) is 0 Å². The van der Waals surface area contributed by atoms with Gasteiger partial charge in [-0.3, -0.25) is 0 Å². The topological polar surface area (TPSA) is 15.3 Å². The number of nitrogens with one attached hydrogen (secondary N) is 1. The van der Waals surface area contributed by atoms with E-state index in [2.05, 4.69) is 24.1 Å². The highest BCUT2D eigenvalue weighted by molar-refractivity contribution is 4.91. The van der Waals surface area contributed by atoms with Gasteiger partial charge in [-0.05, 0) is 45.2 Å². The van der Waals surface area contributed by atoms with Gasteiger partial charge in [0.15, 0.2) is 0 Å². The van der Waals surface area contributed by atoms with Gasteiger partial charge in [0.25, 0.3) is 0 Å². The van der Waals surface area contributed by atoms with Crippen LogP contribution in [0.25, 0.3) is 0 Å². The van der Waals surface area contributed by atoms with E-state index in [1.165, 1.54) is 64.6 Å². The van der Waals surface area contributed by atoms with Crippen LogP contribution in [0.2, 0.25) is 0 Å². The first-order chi connectivity index (χ1) is 8.29. The Kier molecular flexibility index (Phi) is 5.30. The summed E-state index contributed by atoms with van der Waals surface area (Å²) in [6, 6.07) is 1.54. The van der Waals surface area contributed by atoms with Gasteiger partial charge in [0, 0.05) is 18.6 Å². The summed E-state index contributed by atoms with van der Waals surface area (Å²) in [6.07, 6.45) is 9.77. The molecular formula is C15H30N2. The van der Waals surface area contributed by atoms with Crippen LogP contribution in [-0.2, 0) is 0 Å². The largest absolute Gasteiger partial charge is 0.311 e. The molecule has 2 rings (SSSR count). The Morgan fingerprint density at radius 2 is 2.00 bits per heavy atom. The lowest BCUT2D eigenvalue weighted by molar-refractivity contribution is 0.209. The molecule has 0 aromatic rings. The maximum atomic E-state index is 3.90. The van der Waals surface area contributed by atoms with Gasteiger partial charge in [-0.15, -0.1) is 0 Å². The van der Waals surface area contributed by atoms with Gasteiger partial charge in [0.1, 0.15) is 0 Å². The summed E-state index contributed by atoms with van der Waals surface area (Å²) in [7, 11) is 0. The van der Waals surface area contributed by atoms with Crippen LogP contribution < -0.4 is 5.32 Å². The first kappa shape index (κ1) is 13.4. The number of rotatable bonds is 7. The molecule has 2 heterocycles. The van der Waals surface area contributed by atoms with Gasteiger partial charge in [0.2, 0.25) is 0 Å². The van der Waals surface area contributed by atoms with E-state index >= 15 is 0 Å². The van der Waals surface area contributed by atoms with Crippen molar-refractivity contribution in [1.29, 1.82) is 0 Å². The molecule has 2 nitrogen and oxygen atoms in total. The minimum absolute atomic E-state index is 0.726. The molecule has 2 heteroatoms. The van der Waals surface area contributed by atoms with Crippen molar-refractivity contribution in [3.63, 3.8) is 0 Å². The SMILES string of the molecule is CCCCCCC(C)NC1CCN2CCC1C2. The molecule has 0 amide bonds. The lowest BCUT2D eigenvalue weighted by Crippen LogP contribution is -2.47. The quantitative estimate of drug-likeness (QED) is 0.686. The summed E-state index contributed by atoms with van der Waals surface area (Å²) >= 11 is 0. The lowest BCUT2D eigenvalue weighted by Gasteiger charge is -2.33. The molecule has 0 spiro atoms. The van der Waals surface area contributed by atoms with E-state index in [4.69, 9.17) is 0 Å². The molecule has 0 radical (unpaired) electrons. The van der Waals surface area contributed by atoms with Gasteiger partial charge < -0.3 is 10.2 Å². The minimum atomic E-state index is 0.726. The van der Waals surface area contributed by atoms with E-state index in [9.17, 15) is 0 Å². The second kappa shape index (κ2) is 6.75. The molecule has 2 fully saturated rings. The zero-order chi connectivity index (χ0) is 12.1. The van der Waals surface area contributed by atoms with Crippen LogP contribution in [0.5, 0.6) is 0 Å². The van der Waals surface area contributed by atoms with Crippen molar-refractivity contribution in [2.45, 2.75) is 70.9 Å². The highest BCUT2D eigenvalue weighted by Gasteiger charge is 2.34. The standard InChI is InChI=1S/C15H30N2/c1-3-4-5-6-7-13(2)16-15-9-11-17-10-8-14(15)12-17/h13-16H,3-12H2,1-2H3. The first-order valence-electron chi connectivity index (χ1n) is 7.78. The second-order valence-corrected chi connectivity index (χ2v) is 6.16. The number of fused-ring (bicyclic) bond motifs is 2. The fraction of sp³-hybridized carbons (Fsp3) is 1.00. The smallest absolute Gasteiger partial charge is 0.0123 e. The molecule has 4 unspecified atom stereocenters. The molecule has 2 bridgehead atoms. The van der Waals surface area contributed by atoms with Crippen molar-refractivity contribution in [1.82, 2.24) is 10.2 Å². The Morgan fingerprint density at radius 1 is 1.18 bits per heavy atom. The number of nitrogens with zero attached hydrogens (tertiary/aromatic N) is 1. The molecule has 0 aromatic carbocycles. The fourth-order valence-electron chi connectivity index (χ4n) is 3.50. The number of unbranched alkanes of at least 4 members (excludes halogenated alkanes) is 3. The van der Waals surface area contributed by atoms with E-state index in [0.29, 0.717) is 0 Å². The molecule has 2 aliphatic heterocycles. The average molecular weight is 238 g/mol. The van der Waals surface area contributed by atoms with Crippen LogP contribution in [0, 0.1) is 5.92 Å². The number of hydrogen-bond donors (Lipinski definition) is 1. The van der Waals surface area contributed by atoms with Gasteiger partial charge in [-0.1, -0.05) is 32.6 Å². The third-order valence-corrected chi connectivity index (χ3v) is 4.62. The Bertz CT molecular complexity index is 217. The Hall–Kier alpha value is -0.0800. The van der Waals surface area contributed by atoms with Crippen LogP contribution in [0.4, 0.5) is 0 Å². The third-order valence-electron chi connectivity index (χ3n) is 4.62. The normalized spacial score (nSPS) is 33.9. The summed E-state index contributed by atoms with van der Waals surface area (Å²) in [5.41, 5.74) is 0. The number of piperidine rings is 1. The zero-order valence-corrected chi connectivity index (χ0v) is 11.8. The average Bonchev–Trinajstić information content (AvgIpc) is 2.72. The summed E-state index contributed by atoms with van der Waals surface area (Å²) in [5.74, 6) is 0.946. The maximum absolute atomic E-state index is 3.90. The summed E-state index contributed by atoms with van der Waals surface area (Å²) in [6.45, 7) is 8.72. The minimum Gasteiger partial charge on any atom is -0.311 e. The zero-order valence-electron chi connectivity index (χ0n) is 11.8. The monoisotopic (exact) mass is 238 g/mol. The highest BCUT2D eigenvalue weighted by Crippen LogP contribution is 2.27.